The molecule has 1 aliphatic heterocycles. The number of aryl methyl sites for hydroxylation is 1. The molecule has 0 aliphatic carbocycles. The summed E-state index contributed by atoms with van der Waals surface area (Å²) in [5, 5.41) is 0.735. The third kappa shape index (κ3) is 3.18. The molecule has 1 unspecified atom stereocenters. The van der Waals surface area contributed by atoms with Crippen molar-refractivity contribution < 1.29 is 13.6 Å². The molecule has 7 nitrogen and oxygen atoms in total. The van der Waals surface area contributed by atoms with Crippen molar-refractivity contribution in [2.75, 3.05) is 17.2 Å². The SMILES string of the molecule is Cn1cc(-c2ccc(N3CC(c4cc(F)ccc4F)CC3=O)nc2)c2c(N)ncnc21. The first-order chi connectivity index (χ1) is 14.9. The Morgan fingerprint density at radius 1 is 1.13 bits per heavy atom. The van der Waals surface area contributed by atoms with Crippen LogP contribution in [0.5, 0.6) is 0 Å². The third-order valence-corrected chi connectivity index (χ3v) is 5.64. The lowest BCUT2D eigenvalue weighted by Crippen LogP contribution is -2.25. The maximum atomic E-state index is 14.1. The van der Waals surface area contributed by atoms with Crippen molar-refractivity contribution in [1.29, 1.82) is 0 Å². The van der Waals surface area contributed by atoms with Gasteiger partial charge in [0.25, 0.3) is 0 Å². The highest BCUT2D eigenvalue weighted by atomic mass is 19.1. The van der Waals surface area contributed by atoms with E-state index in [2.05, 4.69) is 15.0 Å². The summed E-state index contributed by atoms with van der Waals surface area (Å²) in [4.78, 5) is 26.9. The minimum Gasteiger partial charge on any atom is -0.383 e. The first-order valence-corrected chi connectivity index (χ1v) is 9.69. The van der Waals surface area contributed by atoms with E-state index in [0.717, 1.165) is 34.7 Å². The quantitative estimate of drug-likeness (QED) is 0.549. The van der Waals surface area contributed by atoms with Crippen molar-refractivity contribution in [2.24, 2.45) is 7.05 Å². The number of carbonyl (C=O) groups excluding carboxylic acids is 1. The topological polar surface area (TPSA) is 89.9 Å². The minimum atomic E-state index is -0.525. The van der Waals surface area contributed by atoms with E-state index in [-0.39, 0.29) is 24.4 Å². The van der Waals surface area contributed by atoms with Gasteiger partial charge in [-0.2, -0.15) is 0 Å². The number of carbonyl (C=O) groups is 1. The summed E-state index contributed by atoms with van der Waals surface area (Å²) in [5.74, 6) is -0.823. The zero-order chi connectivity index (χ0) is 21.7. The molecule has 156 valence electrons. The molecule has 2 N–H and O–H groups in total. The fourth-order valence-corrected chi connectivity index (χ4v) is 4.12. The second-order valence-electron chi connectivity index (χ2n) is 7.59. The van der Waals surface area contributed by atoms with E-state index in [0.29, 0.717) is 17.3 Å². The molecule has 9 heteroatoms. The van der Waals surface area contributed by atoms with E-state index in [9.17, 15) is 13.6 Å². The highest BCUT2D eigenvalue weighted by Crippen LogP contribution is 2.35. The van der Waals surface area contributed by atoms with Crippen LogP contribution in [-0.2, 0) is 11.8 Å². The molecule has 31 heavy (non-hydrogen) atoms. The van der Waals surface area contributed by atoms with Crippen LogP contribution in [0.4, 0.5) is 20.4 Å². The van der Waals surface area contributed by atoms with Crippen molar-refractivity contribution in [1.82, 2.24) is 19.5 Å². The highest BCUT2D eigenvalue weighted by Gasteiger charge is 2.34. The average molecular weight is 420 g/mol. The van der Waals surface area contributed by atoms with Gasteiger partial charge in [0.15, 0.2) is 0 Å². The van der Waals surface area contributed by atoms with Crippen LogP contribution in [0.1, 0.15) is 17.9 Å². The van der Waals surface area contributed by atoms with Crippen LogP contribution >= 0.6 is 0 Å². The van der Waals surface area contributed by atoms with Gasteiger partial charge in [-0.1, -0.05) is 0 Å². The number of pyridine rings is 1. The molecule has 1 fully saturated rings. The zero-order valence-electron chi connectivity index (χ0n) is 16.6. The fraction of sp³-hybridized carbons (Fsp3) is 0.182. The molecular weight excluding hydrogens is 402 g/mol. The minimum absolute atomic E-state index is 0.0982. The second-order valence-corrected chi connectivity index (χ2v) is 7.59. The van der Waals surface area contributed by atoms with Gasteiger partial charge in [0.2, 0.25) is 5.91 Å². The lowest BCUT2D eigenvalue weighted by atomic mass is 9.97. The van der Waals surface area contributed by atoms with Gasteiger partial charge in [-0.05, 0) is 35.9 Å². The largest absolute Gasteiger partial charge is 0.383 e. The number of nitrogens with zero attached hydrogens (tertiary/aromatic N) is 5. The van der Waals surface area contributed by atoms with Gasteiger partial charge in [0.1, 0.15) is 35.2 Å². The van der Waals surface area contributed by atoms with Crippen LogP contribution in [0.15, 0.2) is 49.1 Å². The Kier molecular flexibility index (Phi) is 4.39. The molecule has 4 heterocycles. The number of aromatic nitrogens is 4. The molecule has 1 atom stereocenters. The van der Waals surface area contributed by atoms with Crippen molar-refractivity contribution in [2.45, 2.75) is 12.3 Å². The molecule has 0 saturated carbocycles. The number of fused-ring (bicyclic) bond motifs is 1. The van der Waals surface area contributed by atoms with E-state index >= 15 is 0 Å². The standard InChI is InChI=1S/C22H18F2N6O/c1-29-10-16(20-21(25)27-11-28-22(20)29)12-2-5-18(26-8-12)30-9-13(6-19(30)31)15-7-14(23)3-4-17(15)24/h2-5,7-8,10-11,13H,6,9H2,1H3,(H2,25,27,28). The highest BCUT2D eigenvalue weighted by molar-refractivity contribution is 6.01. The summed E-state index contributed by atoms with van der Waals surface area (Å²) in [6, 6.07) is 6.88. The first-order valence-electron chi connectivity index (χ1n) is 9.69. The van der Waals surface area contributed by atoms with Crippen molar-refractivity contribution in [3.05, 3.63) is 66.3 Å². The van der Waals surface area contributed by atoms with E-state index < -0.39 is 17.6 Å². The summed E-state index contributed by atoms with van der Waals surface area (Å²) in [7, 11) is 1.87. The maximum absolute atomic E-state index is 14.1. The first kappa shape index (κ1) is 19.1. The predicted molar refractivity (Wildman–Crippen MR) is 112 cm³/mol. The summed E-state index contributed by atoms with van der Waals surface area (Å²) < 4.78 is 29.6. The van der Waals surface area contributed by atoms with Crippen LogP contribution in [-0.4, -0.2) is 32.0 Å². The van der Waals surface area contributed by atoms with Gasteiger partial charge >= 0.3 is 0 Å². The van der Waals surface area contributed by atoms with Crippen molar-refractivity contribution in [3.63, 3.8) is 0 Å². The van der Waals surface area contributed by atoms with Crippen LogP contribution < -0.4 is 10.6 Å². The molecule has 1 amide bonds. The second kappa shape index (κ2) is 7.12. The summed E-state index contributed by atoms with van der Waals surface area (Å²) in [5.41, 5.74) is 8.61. The fourth-order valence-electron chi connectivity index (χ4n) is 4.12. The number of hydrogen-bond donors (Lipinski definition) is 1. The molecule has 5 rings (SSSR count). The zero-order valence-corrected chi connectivity index (χ0v) is 16.6. The Balaban J connectivity index is 1.45. The van der Waals surface area contributed by atoms with E-state index in [4.69, 9.17) is 5.73 Å². The van der Waals surface area contributed by atoms with Gasteiger partial charge in [0, 0.05) is 49.5 Å². The molecule has 0 spiro atoms. The Bertz CT molecular complexity index is 1320. The van der Waals surface area contributed by atoms with Gasteiger partial charge < -0.3 is 10.3 Å². The Morgan fingerprint density at radius 3 is 2.74 bits per heavy atom. The number of hydrogen-bond acceptors (Lipinski definition) is 5. The Labute approximate surface area is 176 Å². The lowest BCUT2D eigenvalue weighted by Gasteiger charge is -2.16. The normalized spacial score (nSPS) is 16.4. The number of amides is 1. The van der Waals surface area contributed by atoms with Crippen LogP contribution in [0.25, 0.3) is 22.2 Å². The van der Waals surface area contributed by atoms with Gasteiger partial charge in [0.05, 0.1) is 5.39 Å². The lowest BCUT2D eigenvalue weighted by molar-refractivity contribution is -0.117. The van der Waals surface area contributed by atoms with E-state index in [1.807, 2.05) is 23.9 Å². The number of nitrogen functional groups attached to an aromatic ring is 1. The predicted octanol–water partition coefficient (Wildman–Crippen LogP) is 3.41. The monoisotopic (exact) mass is 420 g/mol. The maximum Gasteiger partial charge on any atom is 0.228 e. The van der Waals surface area contributed by atoms with Crippen LogP contribution in [0, 0.1) is 11.6 Å². The summed E-state index contributed by atoms with van der Waals surface area (Å²) in [6.45, 7) is 0.237. The Hall–Kier alpha value is -3.88. The van der Waals surface area contributed by atoms with Crippen molar-refractivity contribution in [3.8, 4) is 11.1 Å². The van der Waals surface area contributed by atoms with Gasteiger partial charge in [-0.3, -0.25) is 9.69 Å². The molecule has 0 bridgehead atoms. The molecule has 1 saturated heterocycles. The molecule has 1 aliphatic rings. The molecule has 0 radical (unpaired) electrons. The van der Waals surface area contributed by atoms with Gasteiger partial charge in [-0.15, -0.1) is 0 Å². The number of halogens is 2. The number of nitrogens with two attached hydrogens (primary N) is 1. The van der Waals surface area contributed by atoms with Crippen LogP contribution in [0.2, 0.25) is 0 Å². The molecule has 3 aromatic heterocycles. The molecule has 4 aromatic rings. The number of rotatable bonds is 3. The van der Waals surface area contributed by atoms with E-state index in [1.54, 1.807) is 12.3 Å². The van der Waals surface area contributed by atoms with Gasteiger partial charge in [-0.25, -0.2) is 23.7 Å². The Morgan fingerprint density at radius 2 is 1.97 bits per heavy atom. The smallest absolute Gasteiger partial charge is 0.228 e. The number of anilines is 2. The summed E-state index contributed by atoms with van der Waals surface area (Å²) >= 11 is 0. The molecular formula is C22H18F2N6O. The summed E-state index contributed by atoms with van der Waals surface area (Å²) in [6.07, 6.45) is 5.07. The van der Waals surface area contributed by atoms with Crippen molar-refractivity contribution >= 4 is 28.6 Å². The third-order valence-electron chi connectivity index (χ3n) is 5.64. The van der Waals surface area contributed by atoms with Crippen LogP contribution in [0.3, 0.4) is 0 Å². The number of benzene rings is 1. The van der Waals surface area contributed by atoms with E-state index in [1.165, 1.54) is 11.2 Å². The molecule has 1 aromatic carbocycles. The average Bonchev–Trinajstić information content (AvgIpc) is 3.31.